The van der Waals surface area contributed by atoms with E-state index in [-0.39, 0.29) is 12.2 Å². The van der Waals surface area contributed by atoms with E-state index in [1.54, 1.807) is 6.92 Å². The Morgan fingerprint density at radius 1 is 1.70 bits per heavy atom. The molecule has 10 heavy (non-hydrogen) atoms. The summed E-state index contributed by atoms with van der Waals surface area (Å²) in [6, 6.07) is 0.430. The van der Waals surface area contributed by atoms with E-state index < -0.39 is 0 Å². The highest BCUT2D eigenvalue weighted by atomic mass is 16.5. The number of likely N-dealkylation sites (N-methyl/N-ethyl adjacent to an activating group) is 1. The van der Waals surface area contributed by atoms with E-state index in [9.17, 15) is 0 Å². The van der Waals surface area contributed by atoms with Gasteiger partial charge in [-0.1, -0.05) is 0 Å². The largest absolute Gasteiger partial charge is 0.391 e. The standard InChI is InChI=1S/C7H15NO2/c1-5(9)7-3-6(8-2)4-10-7/h5-9H,3-4H2,1-2H3. The number of hydrogen-bond donors (Lipinski definition) is 2. The van der Waals surface area contributed by atoms with Crippen LogP contribution in [0.15, 0.2) is 0 Å². The van der Waals surface area contributed by atoms with Gasteiger partial charge < -0.3 is 15.2 Å². The smallest absolute Gasteiger partial charge is 0.0847 e. The lowest BCUT2D eigenvalue weighted by Gasteiger charge is -2.11. The van der Waals surface area contributed by atoms with Gasteiger partial charge in [0.25, 0.3) is 0 Å². The van der Waals surface area contributed by atoms with Gasteiger partial charge in [0.2, 0.25) is 0 Å². The van der Waals surface area contributed by atoms with Gasteiger partial charge in [0.05, 0.1) is 18.8 Å². The number of rotatable bonds is 2. The van der Waals surface area contributed by atoms with E-state index in [2.05, 4.69) is 5.32 Å². The predicted molar refractivity (Wildman–Crippen MR) is 38.9 cm³/mol. The Labute approximate surface area is 61.4 Å². The highest BCUT2D eigenvalue weighted by molar-refractivity contribution is 4.80. The summed E-state index contributed by atoms with van der Waals surface area (Å²) in [5.74, 6) is 0. The normalized spacial score (nSPS) is 36.3. The van der Waals surface area contributed by atoms with Crippen molar-refractivity contribution < 1.29 is 9.84 Å². The van der Waals surface area contributed by atoms with Gasteiger partial charge in [-0.3, -0.25) is 0 Å². The Morgan fingerprint density at radius 3 is 2.70 bits per heavy atom. The van der Waals surface area contributed by atoms with Crippen LogP contribution in [0.2, 0.25) is 0 Å². The molecule has 0 bridgehead atoms. The lowest BCUT2D eigenvalue weighted by atomic mass is 10.1. The summed E-state index contributed by atoms with van der Waals surface area (Å²) in [6.45, 7) is 2.49. The Bertz CT molecular complexity index is 106. The molecule has 0 radical (unpaired) electrons. The first-order chi connectivity index (χ1) is 4.74. The minimum absolute atomic E-state index is 0.0393. The lowest BCUT2D eigenvalue weighted by Crippen LogP contribution is -2.27. The first-order valence-electron chi connectivity index (χ1n) is 3.71. The maximum absolute atomic E-state index is 9.11. The zero-order valence-electron chi connectivity index (χ0n) is 6.50. The molecule has 0 amide bonds. The molecule has 0 aromatic rings. The summed E-state index contributed by atoms with van der Waals surface area (Å²) in [5, 5.41) is 12.2. The van der Waals surface area contributed by atoms with Crippen LogP contribution in [0.5, 0.6) is 0 Å². The van der Waals surface area contributed by atoms with Gasteiger partial charge in [-0.2, -0.15) is 0 Å². The van der Waals surface area contributed by atoms with E-state index in [4.69, 9.17) is 9.84 Å². The van der Waals surface area contributed by atoms with Crippen LogP contribution in [0.3, 0.4) is 0 Å². The van der Waals surface area contributed by atoms with Crippen molar-refractivity contribution in [3.8, 4) is 0 Å². The van der Waals surface area contributed by atoms with Gasteiger partial charge in [-0.25, -0.2) is 0 Å². The number of nitrogens with one attached hydrogen (secondary N) is 1. The molecule has 1 fully saturated rings. The average molecular weight is 145 g/mol. The third-order valence-corrected chi connectivity index (χ3v) is 1.97. The van der Waals surface area contributed by atoms with Gasteiger partial charge in [0.15, 0.2) is 0 Å². The molecule has 1 aliphatic heterocycles. The minimum atomic E-state index is -0.335. The summed E-state index contributed by atoms with van der Waals surface area (Å²) < 4.78 is 5.31. The van der Waals surface area contributed by atoms with Crippen LogP contribution >= 0.6 is 0 Å². The summed E-state index contributed by atoms with van der Waals surface area (Å²) >= 11 is 0. The predicted octanol–water partition coefficient (Wildman–Crippen LogP) is -0.256. The first kappa shape index (κ1) is 7.98. The minimum Gasteiger partial charge on any atom is -0.391 e. The molecule has 0 saturated carbocycles. The molecule has 1 heterocycles. The van der Waals surface area contributed by atoms with Gasteiger partial charge in [-0.05, 0) is 20.4 Å². The fraction of sp³-hybridized carbons (Fsp3) is 1.00. The fourth-order valence-electron chi connectivity index (χ4n) is 1.19. The van der Waals surface area contributed by atoms with Crippen molar-refractivity contribution >= 4 is 0 Å². The van der Waals surface area contributed by atoms with Crippen LogP contribution in [0, 0.1) is 0 Å². The van der Waals surface area contributed by atoms with Gasteiger partial charge in [-0.15, -0.1) is 0 Å². The highest BCUT2D eigenvalue weighted by Crippen LogP contribution is 2.15. The molecule has 1 aliphatic rings. The van der Waals surface area contributed by atoms with E-state index in [1.807, 2.05) is 7.05 Å². The number of ether oxygens (including phenoxy) is 1. The molecule has 0 aliphatic carbocycles. The zero-order chi connectivity index (χ0) is 7.56. The van der Waals surface area contributed by atoms with Crippen LogP contribution in [0.25, 0.3) is 0 Å². The summed E-state index contributed by atoms with van der Waals surface area (Å²) in [7, 11) is 1.92. The number of hydrogen-bond acceptors (Lipinski definition) is 3. The highest BCUT2D eigenvalue weighted by Gasteiger charge is 2.27. The first-order valence-corrected chi connectivity index (χ1v) is 3.71. The number of aliphatic hydroxyl groups is 1. The molecular weight excluding hydrogens is 130 g/mol. The maximum atomic E-state index is 9.11. The molecule has 0 aromatic carbocycles. The van der Waals surface area contributed by atoms with Crippen LogP contribution in [0.4, 0.5) is 0 Å². The van der Waals surface area contributed by atoms with E-state index >= 15 is 0 Å². The maximum Gasteiger partial charge on any atom is 0.0847 e. The summed E-state index contributed by atoms with van der Waals surface area (Å²) in [6.07, 6.45) is 0.629. The average Bonchev–Trinajstić information content (AvgIpc) is 2.34. The molecule has 1 saturated heterocycles. The number of aliphatic hydroxyl groups excluding tert-OH is 1. The molecule has 2 N–H and O–H groups in total. The quantitative estimate of drug-likeness (QED) is 0.562. The molecule has 3 atom stereocenters. The second-order valence-electron chi connectivity index (χ2n) is 2.83. The topological polar surface area (TPSA) is 41.5 Å². The van der Waals surface area contributed by atoms with Crippen LogP contribution in [-0.2, 0) is 4.74 Å². The third-order valence-electron chi connectivity index (χ3n) is 1.97. The zero-order valence-corrected chi connectivity index (χ0v) is 6.50. The van der Waals surface area contributed by atoms with Gasteiger partial charge in [0, 0.05) is 6.04 Å². The van der Waals surface area contributed by atoms with Crippen molar-refractivity contribution in [1.29, 1.82) is 0 Å². The molecule has 3 unspecified atom stereocenters. The summed E-state index contributed by atoms with van der Waals surface area (Å²) in [4.78, 5) is 0. The van der Waals surface area contributed by atoms with Crippen LogP contribution < -0.4 is 5.32 Å². The molecular formula is C7H15NO2. The van der Waals surface area contributed by atoms with Crippen molar-refractivity contribution in [3.63, 3.8) is 0 Å². The van der Waals surface area contributed by atoms with E-state index in [0.717, 1.165) is 13.0 Å². The second-order valence-corrected chi connectivity index (χ2v) is 2.83. The second kappa shape index (κ2) is 3.32. The van der Waals surface area contributed by atoms with E-state index in [0.29, 0.717) is 6.04 Å². The third kappa shape index (κ3) is 1.68. The molecule has 0 spiro atoms. The van der Waals surface area contributed by atoms with Crippen molar-refractivity contribution in [2.24, 2.45) is 0 Å². The monoisotopic (exact) mass is 145 g/mol. The van der Waals surface area contributed by atoms with Crippen LogP contribution in [0.1, 0.15) is 13.3 Å². The van der Waals surface area contributed by atoms with Crippen LogP contribution in [-0.4, -0.2) is 37.0 Å². The van der Waals surface area contributed by atoms with Crippen molar-refractivity contribution in [2.45, 2.75) is 31.6 Å². The SMILES string of the molecule is CNC1COC(C(C)O)C1. The fourth-order valence-corrected chi connectivity index (χ4v) is 1.19. The molecule has 0 aromatic heterocycles. The summed E-state index contributed by atoms with van der Waals surface area (Å²) in [5.41, 5.74) is 0. The van der Waals surface area contributed by atoms with Gasteiger partial charge >= 0.3 is 0 Å². The van der Waals surface area contributed by atoms with Gasteiger partial charge in [0.1, 0.15) is 0 Å². The Hall–Kier alpha value is -0.120. The molecule has 3 nitrogen and oxygen atoms in total. The Morgan fingerprint density at radius 2 is 2.40 bits per heavy atom. The molecule has 3 heteroatoms. The lowest BCUT2D eigenvalue weighted by molar-refractivity contribution is 0.00820. The van der Waals surface area contributed by atoms with Crippen molar-refractivity contribution in [3.05, 3.63) is 0 Å². The molecule has 60 valence electrons. The molecule has 1 rings (SSSR count). The van der Waals surface area contributed by atoms with Crippen molar-refractivity contribution in [1.82, 2.24) is 5.32 Å². The van der Waals surface area contributed by atoms with E-state index in [1.165, 1.54) is 0 Å². The Balaban J connectivity index is 2.28. The Kier molecular flexibility index (Phi) is 2.65. The van der Waals surface area contributed by atoms with Crippen molar-refractivity contribution in [2.75, 3.05) is 13.7 Å².